The van der Waals surface area contributed by atoms with Gasteiger partial charge < -0.3 is 10.6 Å². The molecule has 1 aromatic heterocycles. The number of rotatable bonds is 5. The van der Waals surface area contributed by atoms with E-state index in [0.717, 1.165) is 29.5 Å². The van der Waals surface area contributed by atoms with Gasteiger partial charge in [-0.05, 0) is 51.8 Å². The van der Waals surface area contributed by atoms with Crippen LogP contribution < -0.4 is 10.6 Å². The first-order valence-electron chi connectivity index (χ1n) is 7.44. The van der Waals surface area contributed by atoms with Gasteiger partial charge in [-0.1, -0.05) is 23.7 Å². The maximum Gasteiger partial charge on any atom is 0.224 e. The Bertz CT molecular complexity index is 635. The van der Waals surface area contributed by atoms with Crippen molar-refractivity contribution in [3.63, 3.8) is 0 Å². The molecule has 0 fully saturated rings. The van der Waals surface area contributed by atoms with Crippen molar-refractivity contribution in [1.82, 2.24) is 9.97 Å². The van der Waals surface area contributed by atoms with Gasteiger partial charge in [0.05, 0.1) is 0 Å². The molecule has 0 aliphatic rings. The van der Waals surface area contributed by atoms with Gasteiger partial charge in [-0.15, -0.1) is 0 Å². The molecule has 118 valence electrons. The summed E-state index contributed by atoms with van der Waals surface area (Å²) in [7, 11) is 0. The maximum atomic E-state index is 5.99. The third kappa shape index (κ3) is 5.53. The number of anilines is 2. The molecule has 2 N–H and O–H groups in total. The van der Waals surface area contributed by atoms with E-state index in [1.165, 1.54) is 5.56 Å². The number of hydrogen-bond donors (Lipinski definition) is 2. The van der Waals surface area contributed by atoms with Crippen molar-refractivity contribution in [3.05, 3.63) is 46.6 Å². The van der Waals surface area contributed by atoms with Crippen molar-refractivity contribution in [2.45, 2.75) is 39.7 Å². The highest BCUT2D eigenvalue weighted by Crippen LogP contribution is 2.15. The number of hydrogen-bond acceptors (Lipinski definition) is 4. The van der Waals surface area contributed by atoms with Gasteiger partial charge in [-0.2, -0.15) is 4.98 Å². The molecule has 2 aromatic rings. The van der Waals surface area contributed by atoms with Gasteiger partial charge in [0, 0.05) is 28.9 Å². The van der Waals surface area contributed by atoms with Gasteiger partial charge >= 0.3 is 0 Å². The van der Waals surface area contributed by atoms with Crippen LogP contribution in [0.15, 0.2) is 30.3 Å². The average Bonchev–Trinajstić information content (AvgIpc) is 2.36. The highest BCUT2D eigenvalue weighted by molar-refractivity contribution is 6.30. The van der Waals surface area contributed by atoms with Crippen molar-refractivity contribution in [3.8, 4) is 0 Å². The molecule has 1 aromatic carbocycles. The summed E-state index contributed by atoms with van der Waals surface area (Å²) in [5, 5.41) is 7.41. The van der Waals surface area contributed by atoms with Crippen LogP contribution in [-0.4, -0.2) is 22.1 Å². The smallest absolute Gasteiger partial charge is 0.224 e. The van der Waals surface area contributed by atoms with E-state index in [9.17, 15) is 0 Å². The summed E-state index contributed by atoms with van der Waals surface area (Å²) in [5.41, 5.74) is 2.10. The first kappa shape index (κ1) is 16.6. The molecule has 0 amide bonds. The van der Waals surface area contributed by atoms with Crippen molar-refractivity contribution in [1.29, 1.82) is 0 Å². The Labute approximate surface area is 137 Å². The fourth-order valence-corrected chi connectivity index (χ4v) is 2.32. The fourth-order valence-electron chi connectivity index (χ4n) is 2.11. The first-order chi connectivity index (χ1) is 10.3. The van der Waals surface area contributed by atoms with Gasteiger partial charge in [-0.3, -0.25) is 0 Å². The summed E-state index contributed by atoms with van der Waals surface area (Å²) >= 11 is 5.99. The molecule has 0 radical (unpaired) electrons. The molecular formula is C17H23ClN4. The number of halogens is 1. The minimum atomic E-state index is -0.0289. The van der Waals surface area contributed by atoms with Gasteiger partial charge in [0.1, 0.15) is 5.82 Å². The van der Waals surface area contributed by atoms with E-state index in [-0.39, 0.29) is 5.54 Å². The predicted molar refractivity (Wildman–Crippen MR) is 93.8 cm³/mol. The van der Waals surface area contributed by atoms with Crippen LogP contribution in [-0.2, 0) is 6.42 Å². The van der Waals surface area contributed by atoms with Crippen molar-refractivity contribution in [2.24, 2.45) is 0 Å². The van der Waals surface area contributed by atoms with Crippen LogP contribution in [0.2, 0.25) is 5.02 Å². The highest BCUT2D eigenvalue weighted by Gasteiger charge is 2.11. The fraction of sp³-hybridized carbons (Fsp3) is 0.412. The first-order valence-corrected chi connectivity index (χ1v) is 7.82. The second kappa shape index (κ2) is 6.97. The minimum absolute atomic E-state index is 0.0289. The van der Waals surface area contributed by atoms with Crippen LogP contribution >= 0.6 is 11.6 Å². The van der Waals surface area contributed by atoms with E-state index in [2.05, 4.69) is 47.4 Å². The Morgan fingerprint density at radius 1 is 1.14 bits per heavy atom. The number of nitrogens with zero attached hydrogens (tertiary/aromatic N) is 2. The second-order valence-electron chi connectivity index (χ2n) is 6.40. The Balaban J connectivity index is 1.97. The van der Waals surface area contributed by atoms with Crippen molar-refractivity contribution < 1.29 is 0 Å². The molecule has 0 aliphatic carbocycles. The molecule has 1 heterocycles. The highest BCUT2D eigenvalue weighted by atomic mass is 35.5. The number of aryl methyl sites for hydroxylation is 1. The van der Waals surface area contributed by atoms with E-state index in [1.807, 2.05) is 31.2 Å². The van der Waals surface area contributed by atoms with Gasteiger partial charge in [-0.25, -0.2) is 4.98 Å². The minimum Gasteiger partial charge on any atom is -0.365 e. The topological polar surface area (TPSA) is 49.8 Å². The molecule has 0 aliphatic heterocycles. The van der Waals surface area contributed by atoms with Crippen molar-refractivity contribution >= 4 is 23.4 Å². The third-order valence-electron chi connectivity index (χ3n) is 2.94. The lowest BCUT2D eigenvalue weighted by Gasteiger charge is -2.21. The standard InChI is InChI=1S/C17H23ClN4/c1-12-10-15(22-17(2,3)4)21-16(20-12)19-9-8-13-6-5-7-14(18)11-13/h5-7,10-11H,8-9H2,1-4H3,(H2,19,20,21,22). The van der Waals surface area contributed by atoms with E-state index in [1.54, 1.807) is 0 Å². The van der Waals surface area contributed by atoms with E-state index >= 15 is 0 Å². The molecule has 0 unspecified atom stereocenters. The largest absolute Gasteiger partial charge is 0.365 e. The summed E-state index contributed by atoms with van der Waals surface area (Å²) in [5.74, 6) is 1.49. The van der Waals surface area contributed by atoms with Crippen LogP contribution in [0.5, 0.6) is 0 Å². The molecule has 5 heteroatoms. The molecule has 4 nitrogen and oxygen atoms in total. The van der Waals surface area contributed by atoms with Crippen LogP contribution in [0.4, 0.5) is 11.8 Å². The van der Waals surface area contributed by atoms with Gasteiger partial charge in [0.25, 0.3) is 0 Å². The predicted octanol–water partition coefficient (Wildman–Crippen LogP) is 4.30. The summed E-state index contributed by atoms with van der Waals surface area (Å²) in [4.78, 5) is 8.93. The second-order valence-corrected chi connectivity index (χ2v) is 6.84. The zero-order chi connectivity index (χ0) is 16.2. The zero-order valence-electron chi connectivity index (χ0n) is 13.6. The third-order valence-corrected chi connectivity index (χ3v) is 3.18. The summed E-state index contributed by atoms with van der Waals surface area (Å²) in [6, 6.07) is 9.84. The van der Waals surface area contributed by atoms with Crippen LogP contribution in [0.25, 0.3) is 0 Å². The Morgan fingerprint density at radius 3 is 2.59 bits per heavy atom. The molecule has 0 bridgehead atoms. The summed E-state index contributed by atoms with van der Waals surface area (Å²) in [6.45, 7) is 9.06. The van der Waals surface area contributed by atoms with E-state index in [0.29, 0.717) is 5.95 Å². The van der Waals surface area contributed by atoms with Crippen LogP contribution in [0.3, 0.4) is 0 Å². The number of benzene rings is 1. The lowest BCUT2D eigenvalue weighted by Crippen LogP contribution is -2.27. The lowest BCUT2D eigenvalue weighted by atomic mass is 10.1. The quantitative estimate of drug-likeness (QED) is 0.862. The Kier molecular flexibility index (Phi) is 5.24. The molecule has 2 rings (SSSR count). The normalized spacial score (nSPS) is 11.3. The molecule has 0 saturated heterocycles. The monoisotopic (exact) mass is 318 g/mol. The summed E-state index contributed by atoms with van der Waals surface area (Å²) in [6.07, 6.45) is 0.875. The molecule has 0 spiro atoms. The molecule has 22 heavy (non-hydrogen) atoms. The number of nitrogens with one attached hydrogen (secondary N) is 2. The molecule has 0 saturated carbocycles. The van der Waals surface area contributed by atoms with Crippen LogP contribution in [0.1, 0.15) is 32.0 Å². The van der Waals surface area contributed by atoms with E-state index < -0.39 is 0 Å². The average molecular weight is 319 g/mol. The van der Waals surface area contributed by atoms with Gasteiger partial charge in [0.15, 0.2) is 0 Å². The van der Waals surface area contributed by atoms with E-state index in [4.69, 9.17) is 11.6 Å². The maximum absolute atomic E-state index is 5.99. The Morgan fingerprint density at radius 2 is 1.91 bits per heavy atom. The Hall–Kier alpha value is -1.81. The van der Waals surface area contributed by atoms with Crippen molar-refractivity contribution in [2.75, 3.05) is 17.2 Å². The van der Waals surface area contributed by atoms with Crippen LogP contribution in [0, 0.1) is 6.92 Å². The SMILES string of the molecule is Cc1cc(NC(C)(C)C)nc(NCCc2cccc(Cl)c2)n1. The van der Waals surface area contributed by atoms with Gasteiger partial charge in [0.2, 0.25) is 5.95 Å². The molecular weight excluding hydrogens is 296 g/mol. The zero-order valence-corrected chi connectivity index (χ0v) is 14.3. The lowest BCUT2D eigenvalue weighted by molar-refractivity contribution is 0.630. The summed E-state index contributed by atoms with van der Waals surface area (Å²) < 4.78 is 0. The number of aromatic nitrogens is 2. The molecule has 0 atom stereocenters.